The lowest BCUT2D eigenvalue weighted by atomic mass is 9.99. The number of para-hydroxylation sites is 1. The Kier molecular flexibility index (Phi) is 3.48. The molecule has 0 aromatic heterocycles. The van der Waals surface area contributed by atoms with Crippen molar-refractivity contribution in [2.75, 3.05) is 18.0 Å². The summed E-state index contributed by atoms with van der Waals surface area (Å²) >= 11 is 0. The summed E-state index contributed by atoms with van der Waals surface area (Å²) in [6, 6.07) is 8.10. The van der Waals surface area contributed by atoms with Crippen LogP contribution in [0.25, 0.3) is 0 Å². The summed E-state index contributed by atoms with van der Waals surface area (Å²) in [7, 11) is 0. The van der Waals surface area contributed by atoms with Crippen molar-refractivity contribution < 1.29 is 5.11 Å². The normalized spacial score (nSPS) is 18.6. The number of aliphatic hydroxyl groups excluding tert-OH is 1. The maximum Gasteiger partial charge on any atom is 0.0826 e. The Bertz CT molecular complexity index is 416. The second-order valence-electron chi connectivity index (χ2n) is 4.03. The van der Waals surface area contributed by atoms with Crippen LogP contribution in [-0.4, -0.2) is 18.2 Å². The predicted octanol–water partition coefficient (Wildman–Crippen LogP) is 2.34. The minimum atomic E-state index is -0.301. The van der Waals surface area contributed by atoms with Gasteiger partial charge in [0.05, 0.1) is 6.10 Å². The Hall–Kier alpha value is -1.46. The fourth-order valence-electron chi connectivity index (χ4n) is 2.16. The second-order valence-corrected chi connectivity index (χ2v) is 4.03. The average molecular weight is 215 g/mol. The molecule has 84 valence electrons. The molecule has 0 amide bonds. The summed E-state index contributed by atoms with van der Waals surface area (Å²) in [4.78, 5) is 2.31. The van der Waals surface area contributed by atoms with Gasteiger partial charge in [0.15, 0.2) is 0 Å². The summed E-state index contributed by atoms with van der Waals surface area (Å²) in [5.41, 5.74) is 2.22. The van der Waals surface area contributed by atoms with Crippen LogP contribution in [0.1, 0.15) is 31.4 Å². The summed E-state index contributed by atoms with van der Waals surface area (Å²) in [6.07, 6.45) is 1.40. The summed E-state index contributed by atoms with van der Waals surface area (Å²) in [6.45, 7) is 3.74. The molecule has 1 unspecified atom stereocenters. The van der Waals surface area contributed by atoms with Crippen molar-refractivity contribution in [1.82, 2.24) is 0 Å². The SMILES string of the molecule is CC#CCCN1CCC(O)c2ccccc21. The molecular weight excluding hydrogens is 198 g/mol. The first-order valence-corrected chi connectivity index (χ1v) is 5.74. The molecular formula is C14H17NO. The molecule has 2 nitrogen and oxygen atoms in total. The molecule has 0 fully saturated rings. The van der Waals surface area contributed by atoms with Gasteiger partial charge in [-0.25, -0.2) is 0 Å². The number of hydrogen-bond acceptors (Lipinski definition) is 2. The molecule has 0 saturated carbocycles. The van der Waals surface area contributed by atoms with Crippen molar-refractivity contribution in [3.05, 3.63) is 29.8 Å². The van der Waals surface area contributed by atoms with Crippen LogP contribution in [0.4, 0.5) is 5.69 Å². The third kappa shape index (κ3) is 2.20. The van der Waals surface area contributed by atoms with Gasteiger partial charge in [-0.1, -0.05) is 18.2 Å². The van der Waals surface area contributed by atoms with Crippen molar-refractivity contribution in [2.45, 2.75) is 25.9 Å². The fourth-order valence-corrected chi connectivity index (χ4v) is 2.16. The first-order chi connectivity index (χ1) is 7.83. The maximum atomic E-state index is 9.90. The van der Waals surface area contributed by atoms with E-state index < -0.39 is 0 Å². The Balaban J connectivity index is 2.16. The number of aliphatic hydroxyl groups is 1. The Morgan fingerprint density at radius 1 is 1.44 bits per heavy atom. The highest BCUT2D eigenvalue weighted by molar-refractivity contribution is 5.56. The van der Waals surface area contributed by atoms with Crippen molar-refractivity contribution in [3.63, 3.8) is 0 Å². The first kappa shape index (κ1) is 11.0. The van der Waals surface area contributed by atoms with Crippen molar-refractivity contribution in [2.24, 2.45) is 0 Å². The van der Waals surface area contributed by atoms with Crippen LogP contribution in [0.2, 0.25) is 0 Å². The van der Waals surface area contributed by atoms with E-state index in [4.69, 9.17) is 0 Å². The first-order valence-electron chi connectivity index (χ1n) is 5.74. The van der Waals surface area contributed by atoms with Crippen LogP contribution in [0.5, 0.6) is 0 Å². The fraction of sp³-hybridized carbons (Fsp3) is 0.429. The number of hydrogen-bond donors (Lipinski definition) is 1. The van der Waals surface area contributed by atoms with E-state index >= 15 is 0 Å². The summed E-state index contributed by atoms with van der Waals surface area (Å²) < 4.78 is 0. The van der Waals surface area contributed by atoms with Crippen LogP contribution in [0.3, 0.4) is 0 Å². The van der Waals surface area contributed by atoms with Gasteiger partial charge >= 0.3 is 0 Å². The van der Waals surface area contributed by atoms with Gasteiger partial charge in [0.25, 0.3) is 0 Å². The minimum absolute atomic E-state index is 0.301. The van der Waals surface area contributed by atoms with Gasteiger partial charge in [-0.05, 0) is 19.4 Å². The number of benzene rings is 1. The second kappa shape index (κ2) is 5.05. The van der Waals surface area contributed by atoms with Crippen molar-refractivity contribution in [3.8, 4) is 11.8 Å². The average Bonchev–Trinajstić information content (AvgIpc) is 2.33. The Morgan fingerprint density at radius 3 is 3.06 bits per heavy atom. The lowest BCUT2D eigenvalue weighted by molar-refractivity contribution is 0.164. The zero-order valence-corrected chi connectivity index (χ0v) is 9.61. The molecule has 2 heteroatoms. The molecule has 1 N–H and O–H groups in total. The molecule has 0 aliphatic carbocycles. The van der Waals surface area contributed by atoms with E-state index in [0.29, 0.717) is 0 Å². The molecule has 2 rings (SSSR count). The van der Waals surface area contributed by atoms with Gasteiger partial charge in [-0.2, -0.15) is 0 Å². The Labute approximate surface area is 96.9 Å². The number of anilines is 1. The van der Waals surface area contributed by atoms with E-state index in [1.54, 1.807) is 0 Å². The number of fused-ring (bicyclic) bond motifs is 1. The third-order valence-electron chi connectivity index (χ3n) is 2.99. The maximum absolute atomic E-state index is 9.90. The minimum Gasteiger partial charge on any atom is -0.388 e. The lowest BCUT2D eigenvalue weighted by Crippen LogP contribution is -2.31. The number of rotatable bonds is 2. The lowest BCUT2D eigenvalue weighted by Gasteiger charge is -2.33. The highest BCUT2D eigenvalue weighted by Crippen LogP contribution is 2.33. The molecule has 16 heavy (non-hydrogen) atoms. The molecule has 0 saturated heterocycles. The van der Waals surface area contributed by atoms with E-state index in [1.165, 1.54) is 5.69 Å². The van der Waals surface area contributed by atoms with Crippen molar-refractivity contribution in [1.29, 1.82) is 0 Å². The van der Waals surface area contributed by atoms with Crippen LogP contribution < -0.4 is 4.90 Å². The van der Waals surface area contributed by atoms with E-state index in [1.807, 2.05) is 25.1 Å². The Morgan fingerprint density at radius 2 is 2.25 bits per heavy atom. The molecule has 1 heterocycles. The van der Waals surface area contributed by atoms with Gasteiger partial charge in [-0.3, -0.25) is 0 Å². The molecule has 1 aromatic carbocycles. The van der Waals surface area contributed by atoms with E-state index in [0.717, 1.165) is 31.5 Å². The van der Waals surface area contributed by atoms with Gasteiger partial charge < -0.3 is 10.0 Å². The molecule has 1 aliphatic rings. The van der Waals surface area contributed by atoms with E-state index in [9.17, 15) is 5.11 Å². The van der Waals surface area contributed by atoms with Crippen molar-refractivity contribution >= 4 is 5.69 Å². The molecule has 0 bridgehead atoms. The van der Waals surface area contributed by atoms with E-state index in [-0.39, 0.29) is 6.10 Å². The molecule has 0 spiro atoms. The largest absolute Gasteiger partial charge is 0.388 e. The molecule has 1 atom stereocenters. The van der Waals surface area contributed by atoms with E-state index in [2.05, 4.69) is 22.8 Å². The van der Waals surface area contributed by atoms with Crippen LogP contribution in [0, 0.1) is 11.8 Å². The highest BCUT2D eigenvalue weighted by Gasteiger charge is 2.22. The predicted molar refractivity (Wildman–Crippen MR) is 66.3 cm³/mol. The molecule has 1 aliphatic heterocycles. The quantitative estimate of drug-likeness (QED) is 0.765. The van der Waals surface area contributed by atoms with Crippen LogP contribution >= 0.6 is 0 Å². The third-order valence-corrected chi connectivity index (χ3v) is 2.99. The zero-order valence-electron chi connectivity index (χ0n) is 9.61. The molecule has 1 aromatic rings. The van der Waals surface area contributed by atoms with Gasteiger partial charge in [0.1, 0.15) is 0 Å². The monoisotopic (exact) mass is 215 g/mol. The standard InChI is InChI=1S/C14H17NO/c1-2-3-6-10-15-11-9-14(16)12-7-4-5-8-13(12)15/h4-5,7-8,14,16H,6,9-11H2,1H3. The zero-order chi connectivity index (χ0) is 11.4. The van der Waals surface area contributed by atoms with Crippen LogP contribution in [0.15, 0.2) is 24.3 Å². The topological polar surface area (TPSA) is 23.5 Å². The van der Waals surface area contributed by atoms with Gasteiger partial charge in [0, 0.05) is 30.8 Å². The smallest absolute Gasteiger partial charge is 0.0826 e. The van der Waals surface area contributed by atoms with Crippen LogP contribution in [-0.2, 0) is 0 Å². The van der Waals surface area contributed by atoms with Gasteiger partial charge in [-0.15, -0.1) is 11.8 Å². The summed E-state index contributed by atoms with van der Waals surface area (Å²) in [5.74, 6) is 6.00. The summed E-state index contributed by atoms with van der Waals surface area (Å²) in [5, 5.41) is 9.90. The number of nitrogens with zero attached hydrogens (tertiary/aromatic N) is 1. The van der Waals surface area contributed by atoms with Gasteiger partial charge in [0.2, 0.25) is 0 Å². The highest BCUT2D eigenvalue weighted by atomic mass is 16.3. The molecule has 0 radical (unpaired) electrons.